The summed E-state index contributed by atoms with van der Waals surface area (Å²) in [6, 6.07) is 4.72. The van der Waals surface area contributed by atoms with E-state index in [1.54, 1.807) is 11.3 Å². The van der Waals surface area contributed by atoms with E-state index in [9.17, 15) is 4.79 Å². The Hall–Kier alpha value is -0.910. The Bertz CT molecular complexity index is 414. The van der Waals surface area contributed by atoms with E-state index in [1.807, 2.05) is 13.8 Å². The molecule has 4 nitrogen and oxygen atoms in total. The maximum Gasteiger partial charge on any atom is 0.222 e. The second-order valence-electron chi connectivity index (χ2n) is 5.72. The van der Waals surface area contributed by atoms with Gasteiger partial charge in [-0.25, -0.2) is 0 Å². The van der Waals surface area contributed by atoms with Gasteiger partial charge in [-0.3, -0.25) is 4.79 Å². The van der Waals surface area contributed by atoms with Crippen LogP contribution in [0.5, 0.6) is 0 Å². The number of morpholine rings is 1. The second-order valence-corrected chi connectivity index (χ2v) is 6.69. The Kier molecular flexibility index (Phi) is 5.57. The minimum absolute atomic E-state index is 0.0288. The Labute approximate surface area is 125 Å². The van der Waals surface area contributed by atoms with Gasteiger partial charge in [-0.1, -0.05) is 19.9 Å². The molecule has 112 valence electrons. The van der Waals surface area contributed by atoms with E-state index in [1.165, 1.54) is 9.78 Å². The summed E-state index contributed by atoms with van der Waals surface area (Å²) in [6.07, 6.45) is 0. The van der Waals surface area contributed by atoms with Gasteiger partial charge in [0.1, 0.15) is 19.1 Å². The maximum atomic E-state index is 12.0. The molecule has 1 aliphatic heterocycles. The zero-order valence-corrected chi connectivity index (χ0v) is 13.3. The first-order valence-corrected chi connectivity index (χ1v) is 8.23. The predicted molar refractivity (Wildman–Crippen MR) is 81.0 cm³/mol. The van der Waals surface area contributed by atoms with Crippen molar-refractivity contribution in [1.29, 1.82) is 0 Å². The van der Waals surface area contributed by atoms with Crippen molar-refractivity contribution in [3.8, 4) is 0 Å². The first-order valence-electron chi connectivity index (χ1n) is 7.35. The van der Waals surface area contributed by atoms with Crippen LogP contribution in [0.15, 0.2) is 17.5 Å². The third kappa shape index (κ3) is 3.81. The van der Waals surface area contributed by atoms with Crippen molar-refractivity contribution in [3.05, 3.63) is 22.4 Å². The zero-order valence-electron chi connectivity index (χ0n) is 12.5. The third-order valence-corrected chi connectivity index (χ3v) is 4.77. The molecule has 2 unspecified atom stereocenters. The van der Waals surface area contributed by atoms with E-state index in [-0.39, 0.29) is 17.9 Å². The first-order chi connectivity index (χ1) is 9.59. The minimum atomic E-state index is 0.0288. The summed E-state index contributed by atoms with van der Waals surface area (Å²) >= 11 is 1.78. The summed E-state index contributed by atoms with van der Waals surface area (Å²) in [5, 5.41) is 5.28. The van der Waals surface area contributed by atoms with Crippen molar-refractivity contribution in [2.45, 2.75) is 32.9 Å². The molecule has 2 atom stereocenters. The summed E-state index contributed by atoms with van der Waals surface area (Å²) < 4.78 is 5.46. The number of nitrogens with one attached hydrogen (secondary N) is 2. The average molecular weight is 297 g/mol. The fourth-order valence-corrected chi connectivity index (χ4v) is 3.68. The Morgan fingerprint density at radius 2 is 2.05 bits per heavy atom. The molecule has 0 bridgehead atoms. The van der Waals surface area contributed by atoms with E-state index >= 15 is 0 Å². The molecular weight excluding hydrogens is 272 g/mol. The summed E-state index contributed by atoms with van der Waals surface area (Å²) in [5.41, 5.74) is 0. The molecule has 20 heavy (non-hydrogen) atoms. The van der Waals surface area contributed by atoms with Gasteiger partial charge in [0.25, 0.3) is 0 Å². The fraction of sp³-hybridized carbons (Fsp3) is 0.667. The molecule has 1 amide bonds. The fourth-order valence-electron chi connectivity index (χ4n) is 2.69. The Morgan fingerprint density at radius 1 is 1.35 bits per heavy atom. The maximum absolute atomic E-state index is 12.0. The second kappa shape index (κ2) is 7.20. The number of ether oxygens (including phenoxy) is 1. The lowest BCUT2D eigenvalue weighted by molar-refractivity contribution is -0.939. The average Bonchev–Trinajstić information content (AvgIpc) is 2.93. The first kappa shape index (κ1) is 15.5. The van der Waals surface area contributed by atoms with Gasteiger partial charge in [0.2, 0.25) is 5.91 Å². The van der Waals surface area contributed by atoms with Gasteiger partial charge >= 0.3 is 0 Å². The van der Waals surface area contributed by atoms with Gasteiger partial charge in [-0.05, 0) is 18.4 Å². The van der Waals surface area contributed by atoms with Crippen molar-refractivity contribution in [1.82, 2.24) is 5.32 Å². The van der Waals surface area contributed by atoms with Crippen molar-refractivity contribution >= 4 is 17.2 Å². The van der Waals surface area contributed by atoms with Crippen LogP contribution in [0.3, 0.4) is 0 Å². The van der Waals surface area contributed by atoms with Crippen molar-refractivity contribution in [3.63, 3.8) is 0 Å². The van der Waals surface area contributed by atoms with Crippen LogP contribution in [0.1, 0.15) is 31.7 Å². The Balaban J connectivity index is 2.11. The number of hydrogen-bond acceptors (Lipinski definition) is 3. The number of carbonyl (C=O) groups excluding carboxylic acids is 1. The topological polar surface area (TPSA) is 42.8 Å². The van der Waals surface area contributed by atoms with Crippen LogP contribution in [-0.2, 0) is 9.53 Å². The van der Waals surface area contributed by atoms with Crippen LogP contribution in [0.2, 0.25) is 0 Å². The zero-order chi connectivity index (χ0) is 14.5. The molecule has 1 aliphatic rings. The summed E-state index contributed by atoms with van der Waals surface area (Å²) in [5.74, 6) is 0.160. The number of hydrogen-bond donors (Lipinski definition) is 2. The number of rotatable bonds is 5. The van der Waals surface area contributed by atoms with Crippen molar-refractivity contribution < 1.29 is 14.4 Å². The van der Waals surface area contributed by atoms with Crippen molar-refractivity contribution in [2.24, 2.45) is 5.92 Å². The van der Waals surface area contributed by atoms with E-state index in [0.717, 1.165) is 26.3 Å². The smallest absolute Gasteiger partial charge is 0.222 e. The number of quaternary nitrogens is 1. The summed E-state index contributed by atoms with van der Waals surface area (Å²) in [6.45, 7) is 9.61. The van der Waals surface area contributed by atoms with Gasteiger partial charge in [-0.2, -0.15) is 0 Å². The molecule has 5 heteroatoms. The van der Waals surface area contributed by atoms with Crippen LogP contribution < -0.4 is 10.2 Å². The van der Waals surface area contributed by atoms with E-state index in [4.69, 9.17) is 4.74 Å². The molecule has 0 spiro atoms. The molecule has 1 aromatic rings. The molecule has 2 N–H and O–H groups in total. The minimum Gasteiger partial charge on any atom is -0.370 e. The number of amides is 1. The van der Waals surface area contributed by atoms with Gasteiger partial charge in [0.15, 0.2) is 0 Å². The van der Waals surface area contributed by atoms with E-state index in [2.05, 4.69) is 29.8 Å². The quantitative estimate of drug-likeness (QED) is 0.847. The molecule has 0 radical (unpaired) electrons. The van der Waals surface area contributed by atoms with Crippen LogP contribution >= 0.6 is 11.3 Å². The normalized spacial score (nSPS) is 19.8. The van der Waals surface area contributed by atoms with E-state index < -0.39 is 0 Å². The molecular formula is C15H25N2O2S+. The number of thiophene rings is 1. The van der Waals surface area contributed by atoms with Gasteiger partial charge in [-0.15, -0.1) is 11.3 Å². The standard InChI is InChI=1S/C15H24N2O2S/c1-11(2)15(18)16-12(3)14(13-5-4-10-20-13)17-6-8-19-9-7-17/h4-5,10-12,14H,6-9H2,1-3H3,(H,16,18)/p+1. The largest absolute Gasteiger partial charge is 0.370 e. The van der Waals surface area contributed by atoms with Crippen molar-refractivity contribution in [2.75, 3.05) is 26.3 Å². The molecule has 0 aliphatic carbocycles. The van der Waals surface area contributed by atoms with Gasteiger partial charge in [0, 0.05) is 5.92 Å². The molecule has 0 saturated carbocycles. The molecule has 2 heterocycles. The molecule has 1 aromatic heterocycles. The number of carbonyl (C=O) groups is 1. The van der Waals surface area contributed by atoms with Gasteiger partial charge < -0.3 is 15.0 Å². The lowest BCUT2D eigenvalue weighted by Crippen LogP contribution is -3.15. The third-order valence-electron chi connectivity index (χ3n) is 3.82. The van der Waals surface area contributed by atoms with Crippen LogP contribution in [0, 0.1) is 5.92 Å². The lowest BCUT2D eigenvalue weighted by Gasteiger charge is -2.34. The highest BCUT2D eigenvalue weighted by atomic mass is 32.1. The molecule has 2 rings (SSSR count). The summed E-state index contributed by atoms with van der Waals surface area (Å²) in [7, 11) is 0. The monoisotopic (exact) mass is 297 g/mol. The predicted octanol–water partition coefficient (Wildman–Crippen LogP) is 0.865. The molecule has 0 aromatic carbocycles. The van der Waals surface area contributed by atoms with Crippen LogP contribution in [-0.4, -0.2) is 38.3 Å². The highest BCUT2D eigenvalue weighted by molar-refractivity contribution is 7.10. The lowest BCUT2D eigenvalue weighted by atomic mass is 10.0. The Morgan fingerprint density at radius 3 is 2.60 bits per heavy atom. The molecule has 1 saturated heterocycles. The van der Waals surface area contributed by atoms with Crippen LogP contribution in [0.25, 0.3) is 0 Å². The van der Waals surface area contributed by atoms with Gasteiger partial charge in [0.05, 0.1) is 24.1 Å². The highest BCUT2D eigenvalue weighted by Gasteiger charge is 2.33. The van der Waals surface area contributed by atoms with E-state index in [0.29, 0.717) is 6.04 Å². The van der Waals surface area contributed by atoms with Crippen LogP contribution in [0.4, 0.5) is 0 Å². The molecule has 1 fully saturated rings. The summed E-state index contributed by atoms with van der Waals surface area (Å²) in [4.78, 5) is 14.8. The highest BCUT2D eigenvalue weighted by Crippen LogP contribution is 2.20. The SMILES string of the molecule is CC(C)C(=O)NC(C)C(c1cccs1)[NH+]1CCOCC1.